The molecule has 3 heteroatoms. The maximum absolute atomic E-state index is 2.50. The molecule has 2 aliphatic carbocycles. The van der Waals surface area contributed by atoms with Crippen molar-refractivity contribution >= 4 is 5.57 Å². The van der Waals surface area contributed by atoms with E-state index in [0.717, 1.165) is 0 Å². The van der Waals surface area contributed by atoms with Gasteiger partial charge in [0.25, 0.3) is 0 Å². The van der Waals surface area contributed by atoms with E-state index < -0.39 is 0 Å². The maximum Gasteiger partial charge on any atom is 3.00 e. The van der Waals surface area contributed by atoms with Gasteiger partial charge in [-0.1, -0.05) is 73.7 Å². The van der Waals surface area contributed by atoms with Crippen molar-refractivity contribution in [1.82, 2.24) is 9.80 Å². The molecule has 0 aromatic heterocycles. The first-order valence-corrected chi connectivity index (χ1v) is 13.3. The van der Waals surface area contributed by atoms with Gasteiger partial charge in [0.1, 0.15) is 0 Å². The number of rotatable bonds is 6. The summed E-state index contributed by atoms with van der Waals surface area (Å²) in [7, 11) is 8.08. The van der Waals surface area contributed by atoms with Gasteiger partial charge in [0, 0.05) is 0 Å². The summed E-state index contributed by atoms with van der Waals surface area (Å²) in [6.07, 6.45) is 9.01. The summed E-state index contributed by atoms with van der Waals surface area (Å²) in [5.74, 6) is 0.705. The van der Waals surface area contributed by atoms with Gasteiger partial charge in [0.15, 0.2) is 0 Å². The quantitative estimate of drug-likeness (QED) is 0.300. The molecule has 0 saturated carbocycles. The summed E-state index contributed by atoms with van der Waals surface area (Å²) in [5, 5.41) is 0. The Kier molecular flexibility index (Phi) is 13.9. The Balaban J connectivity index is 0.000000202. The minimum atomic E-state index is 0. The van der Waals surface area contributed by atoms with E-state index in [1.165, 1.54) is 43.2 Å². The Bertz CT molecular complexity index is 1010. The zero-order valence-electron chi connectivity index (χ0n) is 23.4. The fraction of sp³-hybridized carbons (Fsp3) is 0.324. The topological polar surface area (TPSA) is 6.48 Å². The van der Waals surface area contributed by atoms with Crippen LogP contribution in [0.4, 0.5) is 0 Å². The SMILES string of the molecule is CCCC1C2=C(CCC[CH-]2)c2ccccc21.CN(C)[CH-]c1ccccc1.CN(C)[CH-]c1ccccc1.[Sc+3]. The molecule has 192 valence electrons. The van der Waals surface area contributed by atoms with Crippen LogP contribution in [0.25, 0.3) is 5.57 Å². The van der Waals surface area contributed by atoms with Crippen molar-refractivity contribution in [3.63, 3.8) is 0 Å². The predicted molar refractivity (Wildman–Crippen MR) is 156 cm³/mol. The third-order valence-corrected chi connectivity index (χ3v) is 6.37. The molecule has 2 aliphatic rings. The van der Waals surface area contributed by atoms with Crippen molar-refractivity contribution in [3.8, 4) is 0 Å². The van der Waals surface area contributed by atoms with Gasteiger partial charge >= 0.3 is 25.8 Å². The Hall–Kier alpha value is -2.20. The van der Waals surface area contributed by atoms with Crippen LogP contribution < -0.4 is 0 Å². The Morgan fingerprint density at radius 2 is 1.27 bits per heavy atom. The molecule has 1 unspecified atom stereocenters. The molecule has 0 heterocycles. The number of fused-ring (bicyclic) bond motifs is 2. The van der Waals surface area contributed by atoms with Gasteiger partial charge in [0.2, 0.25) is 0 Å². The van der Waals surface area contributed by atoms with Gasteiger partial charge in [0.05, 0.1) is 0 Å². The van der Waals surface area contributed by atoms with Crippen molar-refractivity contribution in [2.75, 3.05) is 28.2 Å². The minimum absolute atomic E-state index is 0. The normalized spacial score (nSPS) is 15.2. The fourth-order valence-corrected chi connectivity index (χ4v) is 4.96. The molecule has 3 aromatic carbocycles. The molecule has 0 bridgehead atoms. The summed E-state index contributed by atoms with van der Waals surface area (Å²) in [6, 6.07) is 29.6. The van der Waals surface area contributed by atoms with Crippen molar-refractivity contribution in [1.29, 1.82) is 0 Å². The molecule has 1 atom stereocenters. The minimum Gasteiger partial charge on any atom is -0.339 e. The van der Waals surface area contributed by atoms with E-state index >= 15 is 0 Å². The summed E-state index contributed by atoms with van der Waals surface area (Å²) >= 11 is 0. The van der Waals surface area contributed by atoms with Gasteiger partial charge < -0.3 is 9.80 Å². The number of hydrogen-bond donors (Lipinski definition) is 0. The molecule has 5 rings (SSSR count). The molecular weight excluding hydrogens is 481 g/mol. The van der Waals surface area contributed by atoms with Crippen LogP contribution in [0.3, 0.4) is 0 Å². The van der Waals surface area contributed by atoms with E-state index in [4.69, 9.17) is 0 Å². The summed E-state index contributed by atoms with van der Waals surface area (Å²) < 4.78 is 0. The van der Waals surface area contributed by atoms with Gasteiger partial charge in [-0.2, -0.15) is 41.0 Å². The molecule has 37 heavy (non-hydrogen) atoms. The predicted octanol–water partition coefficient (Wildman–Crippen LogP) is 8.24. The molecule has 0 saturated heterocycles. The van der Waals surface area contributed by atoms with Gasteiger partial charge in [-0.25, -0.2) is 12.0 Å². The van der Waals surface area contributed by atoms with Gasteiger partial charge in [-0.05, 0) is 40.5 Å². The van der Waals surface area contributed by atoms with E-state index in [0.29, 0.717) is 5.92 Å². The first-order chi connectivity index (χ1) is 17.5. The second-order valence-corrected chi connectivity index (χ2v) is 9.97. The number of benzene rings is 3. The first kappa shape index (κ1) is 31.0. The van der Waals surface area contributed by atoms with Crippen LogP contribution in [0.5, 0.6) is 0 Å². The molecule has 0 amide bonds. The van der Waals surface area contributed by atoms with E-state index in [1.807, 2.05) is 74.4 Å². The van der Waals surface area contributed by atoms with E-state index in [9.17, 15) is 0 Å². The summed E-state index contributed by atoms with van der Waals surface area (Å²) in [6.45, 7) is 6.46. The molecule has 3 aromatic rings. The van der Waals surface area contributed by atoms with Crippen molar-refractivity contribution < 1.29 is 25.8 Å². The monoisotopic (exact) mass is 524 g/mol. The fourth-order valence-electron chi connectivity index (χ4n) is 4.96. The Morgan fingerprint density at radius 1 is 0.757 bits per heavy atom. The van der Waals surface area contributed by atoms with Gasteiger partial charge in [-0.3, -0.25) is 0 Å². The smallest absolute Gasteiger partial charge is 0.339 e. The molecule has 0 aliphatic heterocycles. The van der Waals surface area contributed by atoms with Crippen LogP contribution in [0.1, 0.15) is 67.2 Å². The van der Waals surface area contributed by atoms with Crippen LogP contribution >= 0.6 is 0 Å². The van der Waals surface area contributed by atoms with Crippen molar-refractivity contribution in [3.05, 3.63) is 132 Å². The standard InChI is InChI=1S/C16H19.2C9H12N.Sc/c1-2-7-12-13-8-3-5-10-15(13)16-11-6-4-9-14(12)16;2*1-10(2)8-9-6-4-3-5-7-9;/h3,5,8-10,12H,2,4,6-7,11H2,1H3;2*3-8H,1-2H3;/q3*-1;+3. The number of allylic oxidation sites excluding steroid dienone is 2. The maximum atomic E-state index is 2.50. The average Bonchev–Trinajstić information content (AvgIpc) is 3.20. The second-order valence-electron chi connectivity index (χ2n) is 9.97. The largest absolute Gasteiger partial charge is 3.00 e. The summed E-state index contributed by atoms with van der Waals surface area (Å²) in [5.41, 5.74) is 8.94. The van der Waals surface area contributed by atoms with Crippen LogP contribution in [-0.2, 0) is 25.8 Å². The van der Waals surface area contributed by atoms with Crippen LogP contribution in [0.15, 0.2) is 90.5 Å². The zero-order chi connectivity index (χ0) is 25.8. The number of hydrogen-bond acceptors (Lipinski definition) is 2. The van der Waals surface area contributed by atoms with Crippen LogP contribution in [0.2, 0.25) is 0 Å². The van der Waals surface area contributed by atoms with Crippen molar-refractivity contribution in [2.24, 2.45) is 0 Å². The molecule has 2 nitrogen and oxygen atoms in total. The van der Waals surface area contributed by atoms with Crippen LogP contribution in [0, 0.1) is 19.5 Å². The van der Waals surface area contributed by atoms with E-state index in [-0.39, 0.29) is 25.8 Å². The Morgan fingerprint density at radius 3 is 1.78 bits per heavy atom. The first-order valence-electron chi connectivity index (χ1n) is 13.3. The molecule has 0 N–H and O–H groups in total. The van der Waals surface area contributed by atoms with Crippen molar-refractivity contribution in [2.45, 2.75) is 44.9 Å². The molecular formula is C34H43N2Sc. The third kappa shape index (κ3) is 9.89. The molecule has 0 spiro atoms. The second kappa shape index (κ2) is 16.6. The Labute approximate surface area is 245 Å². The number of nitrogens with zero attached hydrogens (tertiary/aromatic N) is 2. The van der Waals surface area contributed by atoms with E-state index in [1.54, 1.807) is 22.3 Å². The molecule has 0 fully saturated rings. The van der Waals surface area contributed by atoms with Gasteiger partial charge in [-0.15, -0.1) is 43.8 Å². The van der Waals surface area contributed by atoms with E-state index in [2.05, 4.69) is 75.0 Å². The zero-order valence-corrected chi connectivity index (χ0v) is 25.2. The van der Waals surface area contributed by atoms with Crippen LogP contribution in [-0.4, -0.2) is 38.0 Å². The third-order valence-electron chi connectivity index (χ3n) is 6.37. The summed E-state index contributed by atoms with van der Waals surface area (Å²) in [4.78, 5) is 4.07. The molecule has 0 radical (unpaired) electrons. The average molecular weight is 525 g/mol.